The second-order valence-corrected chi connectivity index (χ2v) is 10.6. The molecule has 1 aliphatic heterocycles. The van der Waals surface area contributed by atoms with Gasteiger partial charge in [-0.15, -0.1) is 0 Å². The predicted octanol–water partition coefficient (Wildman–Crippen LogP) is 4.91. The highest BCUT2D eigenvalue weighted by Crippen LogP contribution is 2.54. The van der Waals surface area contributed by atoms with Crippen molar-refractivity contribution >= 4 is 6.09 Å². The van der Waals surface area contributed by atoms with Crippen molar-refractivity contribution in [2.45, 2.75) is 62.2 Å². The third kappa shape index (κ3) is 5.05. The normalized spacial score (nSPS) is 28.7. The van der Waals surface area contributed by atoms with E-state index in [1.807, 2.05) is 43.5 Å². The van der Waals surface area contributed by atoms with Gasteiger partial charge in [-0.3, -0.25) is 0 Å². The second kappa shape index (κ2) is 10.2. The van der Waals surface area contributed by atoms with E-state index in [1.165, 1.54) is 24.9 Å². The van der Waals surface area contributed by atoms with E-state index in [0.29, 0.717) is 0 Å². The number of nitrogens with one attached hydrogen (secondary N) is 1. The summed E-state index contributed by atoms with van der Waals surface area (Å²) in [5.41, 5.74) is 1.74. The smallest absolute Gasteiger partial charge is 0.407 e. The lowest BCUT2D eigenvalue weighted by molar-refractivity contribution is -0.149. The zero-order valence-corrected chi connectivity index (χ0v) is 21.0. The van der Waals surface area contributed by atoms with Gasteiger partial charge >= 0.3 is 6.09 Å². The number of benzene rings is 2. The third-order valence-electron chi connectivity index (χ3n) is 8.46. The molecule has 6 heteroatoms. The number of likely N-dealkylation sites (tertiary alicyclic amines) is 1. The number of carbonyl (C=O) groups excluding carboxylic acids is 1. The Balaban J connectivity index is 1.36. The average molecular weight is 479 g/mol. The molecular formula is C29H38N2O4. The number of methoxy groups -OCH3 is 2. The fourth-order valence-electron chi connectivity index (χ4n) is 6.39. The quantitative estimate of drug-likeness (QED) is 0.584. The number of carbonyl (C=O) groups is 1. The summed E-state index contributed by atoms with van der Waals surface area (Å²) in [5, 5.41) is 3.18. The van der Waals surface area contributed by atoms with E-state index in [4.69, 9.17) is 14.2 Å². The van der Waals surface area contributed by atoms with Gasteiger partial charge in [-0.05, 0) is 74.2 Å². The molecular weight excluding hydrogens is 440 g/mol. The summed E-state index contributed by atoms with van der Waals surface area (Å²) in [6, 6.07) is 18.3. The Hall–Kier alpha value is -2.57. The predicted molar refractivity (Wildman–Crippen MR) is 136 cm³/mol. The van der Waals surface area contributed by atoms with Crippen LogP contribution in [-0.2, 0) is 21.5 Å². The van der Waals surface area contributed by atoms with Crippen LogP contribution < -0.4 is 10.1 Å². The van der Waals surface area contributed by atoms with Crippen LogP contribution in [0.3, 0.4) is 0 Å². The van der Waals surface area contributed by atoms with Crippen LogP contribution in [0.15, 0.2) is 54.6 Å². The van der Waals surface area contributed by atoms with Crippen molar-refractivity contribution in [1.29, 1.82) is 0 Å². The molecule has 2 aromatic rings. The molecule has 3 fully saturated rings. The first-order chi connectivity index (χ1) is 17.1. The molecule has 1 saturated heterocycles. The number of piperidine rings is 1. The largest absolute Gasteiger partial charge is 0.497 e. The first-order valence-corrected chi connectivity index (χ1v) is 13.0. The van der Waals surface area contributed by atoms with Gasteiger partial charge in [-0.1, -0.05) is 42.5 Å². The molecule has 2 saturated carbocycles. The van der Waals surface area contributed by atoms with Crippen molar-refractivity contribution in [3.63, 3.8) is 0 Å². The number of ether oxygens (including phenoxy) is 3. The SMILES string of the molecule is COc1cccc([C@@]23CCN(CC4CC4)C[C@@]2(OC)CC[C@@H](NC(=O)OCc2ccccc2)C3)c1. The van der Waals surface area contributed by atoms with E-state index in [0.717, 1.165) is 56.0 Å². The lowest BCUT2D eigenvalue weighted by Crippen LogP contribution is -2.68. The molecule has 6 nitrogen and oxygen atoms in total. The molecule has 3 aliphatic rings. The second-order valence-electron chi connectivity index (χ2n) is 10.6. The zero-order chi connectivity index (χ0) is 24.3. The molecule has 35 heavy (non-hydrogen) atoms. The molecule has 0 aromatic heterocycles. The molecule has 1 N–H and O–H groups in total. The number of alkyl carbamates (subject to hydrolysis) is 1. The van der Waals surface area contributed by atoms with Crippen LogP contribution in [-0.4, -0.2) is 56.5 Å². The highest BCUT2D eigenvalue weighted by molar-refractivity contribution is 5.67. The molecule has 2 aliphatic carbocycles. The van der Waals surface area contributed by atoms with E-state index in [-0.39, 0.29) is 29.8 Å². The summed E-state index contributed by atoms with van der Waals surface area (Å²) >= 11 is 0. The zero-order valence-electron chi connectivity index (χ0n) is 21.0. The van der Waals surface area contributed by atoms with Gasteiger partial charge in [0.2, 0.25) is 0 Å². The van der Waals surface area contributed by atoms with Crippen LogP contribution in [0, 0.1) is 5.92 Å². The van der Waals surface area contributed by atoms with Gasteiger partial charge in [0.25, 0.3) is 0 Å². The lowest BCUT2D eigenvalue weighted by Gasteiger charge is -2.60. The highest BCUT2D eigenvalue weighted by Gasteiger charge is 2.59. The van der Waals surface area contributed by atoms with Crippen LogP contribution in [0.4, 0.5) is 4.79 Å². The number of fused-ring (bicyclic) bond motifs is 1. The molecule has 0 radical (unpaired) electrons. The molecule has 5 rings (SSSR count). The molecule has 3 atom stereocenters. The fraction of sp³-hybridized carbons (Fsp3) is 0.552. The number of hydrogen-bond acceptors (Lipinski definition) is 5. The number of nitrogens with zero attached hydrogens (tertiary/aromatic N) is 1. The molecule has 0 unspecified atom stereocenters. The average Bonchev–Trinajstić information content (AvgIpc) is 3.72. The van der Waals surface area contributed by atoms with Crippen molar-refractivity contribution < 1.29 is 19.0 Å². The maximum atomic E-state index is 12.7. The first-order valence-electron chi connectivity index (χ1n) is 13.0. The van der Waals surface area contributed by atoms with Gasteiger partial charge in [-0.25, -0.2) is 4.79 Å². The van der Waals surface area contributed by atoms with Crippen LogP contribution >= 0.6 is 0 Å². The Morgan fingerprint density at radius 3 is 2.63 bits per heavy atom. The van der Waals surface area contributed by atoms with Crippen molar-refractivity contribution in [1.82, 2.24) is 10.2 Å². The summed E-state index contributed by atoms with van der Waals surface area (Å²) in [6.45, 7) is 3.43. The first kappa shape index (κ1) is 24.1. The van der Waals surface area contributed by atoms with Crippen LogP contribution in [0.25, 0.3) is 0 Å². The molecule has 1 heterocycles. The van der Waals surface area contributed by atoms with Crippen molar-refractivity contribution in [3.05, 3.63) is 65.7 Å². The molecule has 1 amide bonds. The summed E-state index contributed by atoms with van der Waals surface area (Å²) in [5.74, 6) is 1.71. The van der Waals surface area contributed by atoms with Crippen LogP contribution in [0.1, 0.15) is 49.7 Å². The Morgan fingerprint density at radius 2 is 1.89 bits per heavy atom. The third-order valence-corrected chi connectivity index (χ3v) is 8.46. The Labute approximate surface area is 208 Å². The minimum atomic E-state index is -0.351. The van der Waals surface area contributed by atoms with Crippen molar-refractivity contribution in [2.24, 2.45) is 5.92 Å². The summed E-state index contributed by atoms with van der Waals surface area (Å²) in [4.78, 5) is 15.3. The number of hydrogen-bond donors (Lipinski definition) is 1. The van der Waals surface area contributed by atoms with E-state index < -0.39 is 0 Å². The topological polar surface area (TPSA) is 60.0 Å². The van der Waals surface area contributed by atoms with Gasteiger partial charge in [-0.2, -0.15) is 0 Å². The fourth-order valence-corrected chi connectivity index (χ4v) is 6.39. The Bertz CT molecular complexity index is 1010. The van der Waals surface area contributed by atoms with Gasteiger partial charge in [0.05, 0.1) is 12.7 Å². The number of rotatable bonds is 8. The maximum Gasteiger partial charge on any atom is 0.407 e. The van der Waals surface area contributed by atoms with Crippen molar-refractivity contribution in [3.8, 4) is 5.75 Å². The Morgan fingerprint density at radius 1 is 1.06 bits per heavy atom. The standard InChI is InChI=1S/C29H38N2O4/c1-33-26-10-6-9-24(17-26)28-15-16-31(19-22-11-12-22)21-29(28,34-2)14-13-25(18-28)30-27(32)35-20-23-7-4-3-5-8-23/h3-10,17,22,25H,11-16,18-21H2,1-2H3,(H,30,32)/t25-,28+,29+/m1/s1. The van der Waals surface area contributed by atoms with E-state index >= 15 is 0 Å². The van der Waals surface area contributed by atoms with Gasteiger partial charge < -0.3 is 24.4 Å². The number of amides is 1. The lowest BCUT2D eigenvalue weighted by atomic mass is 9.55. The molecule has 0 spiro atoms. The summed E-state index contributed by atoms with van der Waals surface area (Å²) < 4.78 is 17.6. The van der Waals surface area contributed by atoms with Gasteiger partial charge in [0.15, 0.2) is 0 Å². The molecule has 2 aromatic carbocycles. The van der Waals surface area contributed by atoms with E-state index in [1.54, 1.807) is 7.11 Å². The van der Waals surface area contributed by atoms with Gasteiger partial charge in [0, 0.05) is 31.7 Å². The monoisotopic (exact) mass is 478 g/mol. The summed E-state index contributed by atoms with van der Waals surface area (Å²) in [7, 11) is 3.59. The highest BCUT2D eigenvalue weighted by atomic mass is 16.5. The van der Waals surface area contributed by atoms with E-state index in [2.05, 4.69) is 28.4 Å². The van der Waals surface area contributed by atoms with Gasteiger partial charge in [0.1, 0.15) is 12.4 Å². The van der Waals surface area contributed by atoms with E-state index in [9.17, 15) is 4.79 Å². The Kier molecular flexibility index (Phi) is 7.03. The molecule has 0 bridgehead atoms. The van der Waals surface area contributed by atoms with Crippen LogP contribution in [0.5, 0.6) is 5.75 Å². The summed E-state index contributed by atoms with van der Waals surface area (Å²) in [6.07, 6.45) is 5.95. The minimum Gasteiger partial charge on any atom is -0.497 e. The van der Waals surface area contributed by atoms with Crippen molar-refractivity contribution in [2.75, 3.05) is 33.9 Å². The maximum absolute atomic E-state index is 12.7. The molecule has 188 valence electrons. The minimum absolute atomic E-state index is 0.0303. The van der Waals surface area contributed by atoms with Crippen LogP contribution in [0.2, 0.25) is 0 Å².